The molecule has 1 N–H and O–H groups in total. The van der Waals surface area contributed by atoms with Crippen LogP contribution in [0.25, 0.3) is 0 Å². The first-order valence-electron chi connectivity index (χ1n) is 6.12. The largest absolute Gasteiger partial charge is 0.480 e. The smallest absolute Gasteiger partial charge is 0.317 e. The quantitative estimate of drug-likeness (QED) is 0.795. The Kier molecular flexibility index (Phi) is 5.82. The van der Waals surface area contributed by atoms with Gasteiger partial charge in [0.05, 0.1) is 6.54 Å². The molecule has 0 amide bonds. The lowest BCUT2D eigenvalue weighted by Crippen LogP contribution is -2.35. The number of hydrogen-bond donors (Lipinski definition) is 1. The van der Waals surface area contributed by atoms with Gasteiger partial charge in [-0.15, -0.1) is 0 Å². The van der Waals surface area contributed by atoms with Crippen molar-refractivity contribution in [3.8, 4) is 0 Å². The number of aryl methyl sites for hydroxylation is 1. The maximum atomic E-state index is 10.9. The molecule has 0 fully saturated rings. The number of carboxylic acids is 1. The summed E-state index contributed by atoms with van der Waals surface area (Å²) in [4.78, 5) is 14.9. The first kappa shape index (κ1) is 14.7. The number of carbonyl (C=O) groups is 1. The first-order valence-corrected chi connectivity index (χ1v) is 6.12. The summed E-state index contributed by atoms with van der Waals surface area (Å²) < 4.78 is 0. The van der Waals surface area contributed by atoms with Gasteiger partial charge in [0.2, 0.25) is 0 Å². The summed E-state index contributed by atoms with van der Waals surface area (Å²) in [6.45, 7) is 4.45. The maximum absolute atomic E-state index is 10.9. The Morgan fingerprint density at radius 3 is 2.44 bits per heavy atom. The number of likely N-dealkylation sites (N-methyl/N-ethyl adjacent to an activating group) is 1. The van der Waals surface area contributed by atoms with Crippen LogP contribution in [0.2, 0.25) is 0 Å². The Morgan fingerprint density at radius 1 is 1.22 bits per heavy atom. The first-order chi connectivity index (χ1) is 8.49. The second-order valence-corrected chi connectivity index (χ2v) is 4.83. The number of nitrogens with zero attached hydrogens (tertiary/aromatic N) is 2. The van der Waals surface area contributed by atoms with Gasteiger partial charge >= 0.3 is 5.97 Å². The summed E-state index contributed by atoms with van der Waals surface area (Å²) in [5, 5.41) is 8.94. The Morgan fingerprint density at radius 2 is 1.89 bits per heavy atom. The van der Waals surface area contributed by atoms with E-state index in [9.17, 15) is 4.79 Å². The van der Waals surface area contributed by atoms with Crippen LogP contribution in [0.5, 0.6) is 0 Å². The molecule has 0 saturated carbocycles. The minimum absolute atomic E-state index is 0.0855. The van der Waals surface area contributed by atoms with E-state index in [-0.39, 0.29) is 6.54 Å². The Hall–Kier alpha value is -1.39. The third-order valence-electron chi connectivity index (χ3n) is 2.88. The molecule has 4 nitrogen and oxygen atoms in total. The predicted octanol–water partition coefficient (Wildman–Crippen LogP) is 1.44. The zero-order chi connectivity index (χ0) is 13.5. The second-order valence-electron chi connectivity index (χ2n) is 4.83. The van der Waals surface area contributed by atoms with E-state index >= 15 is 0 Å². The van der Waals surface area contributed by atoms with Crippen molar-refractivity contribution >= 4 is 5.97 Å². The molecule has 1 rings (SSSR count). The highest BCUT2D eigenvalue weighted by atomic mass is 16.4. The average Bonchev–Trinajstić information content (AvgIpc) is 2.28. The fourth-order valence-electron chi connectivity index (χ4n) is 1.78. The molecule has 100 valence electrons. The molecule has 0 radical (unpaired) electrons. The zero-order valence-electron chi connectivity index (χ0n) is 11.4. The SMILES string of the molecule is Cc1ccccc1CN(CCN(C)C)CC(=O)O. The molecule has 0 aliphatic rings. The molecule has 0 atom stereocenters. The second kappa shape index (κ2) is 7.13. The minimum Gasteiger partial charge on any atom is -0.480 e. The van der Waals surface area contributed by atoms with Crippen LogP contribution in [0, 0.1) is 6.92 Å². The Bertz CT molecular complexity index is 391. The zero-order valence-corrected chi connectivity index (χ0v) is 11.4. The molecule has 1 aromatic carbocycles. The van der Waals surface area contributed by atoms with E-state index in [2.05, 4.69) is 24.0 Å². The van der Waals surface area contributed by atoms with Crippen LogP contribution in [0.4, 0.5) is 0 Å². The molecule has 4 heteroatoms. The van der Waals surface area contributed by atoms with Gasteiger partial charge in [-0.1, -0.05) is 24.3 Å². The number of rotatable bonds is 7. The molecule has 1 aromatic rings. The van der Waals surface area contributed by atoms with E-state index in [1.54, 1.807) is 0 Å². The molecular formula is C14H22N2O2. The van der Waals surface area contributed by atoms with Gasteiger partial charge < -0.3 is 10.0 Å². The van der Waals surface area contributed by atoms with Gasteiger partial charge in [-0.3, -0.25) is 9.69 Å². The molecule has 18 heavy (non-hydrogen) atoms. The van der Waals surface area contributed by atoms with Crippen molar-refractivity contribution < 1.29 is 9.90 Å². The third-order valence-corrected chi connectivity index (χ3v) is 2.88. The van der Waals surface area contributed by atoms with Crippen LogP contribution in [0.3, 0.4) is 0 Å². The highest BCUT2D eigenvalue weighted by Crippen LogP contribution is 2.10. The van der Waals surface area contributed by atoms with Crippen molar-refractivity contribution in [1.82, 2.24) is 9.80 Å². The van der Waals surface area contributed by atoms with Crippen LogP contribution >= 0.6 is 0 Å². The number of hydrogen-bond acceptors (Lipinski definition) is 3. The minimum atomic E-state index is -0.776. The predicted molar refractivity (Wildman–Crippen MR) is 72.6 cm³/mol. The highest BCUT2D eigenvalue weighted by Gasteiger charge is 2.11. The Labute approximate surface area is 109 Å². The van der Waals surface area contributed by atoms with Gasteiger partial charge in [0.15, 0.2) is 0 Å². The molecule has 0 heterocycles. The van der Waals surface area contributed by atoms with Gasteiger partial charge in [0.25, 0.3) is 0 Å². The summed E-state index contributed by atoms with van der Waals surface area (Å²) in [6.07, 6.45) is 0. The normalized spacial score (nSPS) is 11.2. The van der Waals surface area contributed by atoms with Gasteiger partial charge in [0.1, 0.15) is 0 Å². The van der Waals surface area contributed by atoms with E-state index < -0.39 is 5.97 Å². The van der Waals surface area contributed by atoms with Gasteiger partial charge in [-0.2, -0.15) is 0 Å². The topological polar surface area (TPSA) is 43.8 Å². The summed E-state index contributed by atoms with van der Waals surface area (Å²) in [5.41, 5.74) is 2.40. The third kappa shape index (κ3) is 5.29. The summed E-state index contributed by atoms with van der Waals surface area (Å²) in [7, 11) is 3.99. The summed E-state index contributed by atoms with van der Waals surface area (Å²) in [6, 6.07) is 8.10. The fourth-order valence-corrected chi connectivity index (χ4v) is 1.78. The van der Waals surface area contributed by atoms with Crippen LogP contribution in [-0.4, -0.2) is 54.6 Å². The fraction of sp³-hybridized carbons (Fsp3) is 0.500. The highest BCUT2D eigenvalue weighted by molar-refractivity contribution is 5.69. The maximum Gasteiger partial charge on any atom is 0.317 e. The molecule has 0 saturated heterocycles. The molecule has 0 aliphatic carbocycles. The van der Waals surface area contributed by atoms with Crippen LogP contribution < -0.4 is 0 Å². The number of aliphatic carboxylic acids is 1. The molecule has 0 bridgehead atoms. The van der Waals surface area contributed by atoms with E-state index in [0.29, 0.717) is 6.54 Å². The molecule has 0 aliphatic heterocycles. The average molecular weight is 250 g/mol. The van der Waals surface area contributed by atoms with Crippen molar-refractivity contribution in [2.24, 2.45) is 0 Å². The lowest BCUT2D eigenvalue weighted by Gasteiger charge is -2.23. The lowest BCUT2D eigenvalue weighted by molar-refractivity contribution is -0.138. The van der Waals surface area contributed by atoms with Gasteiger partial charge in [-0.25, -0.2) is 0 Å². The van der Waals surface area contributed by atoms with Crippen molar-refractivity contribution in [3.63, 3.8) is 0 Å². The van der Waals surface area contributed by atoms with Crippen molar-refractivity contribution in [2.45, 2.75) is 13.5 Å². The van der Waals surface area contributed by atoms with Crippen LogP contribution in [-0.2, 0) is 11.3 Å². The van der Waals surface area contributed by atoms with Crippen LogP contribution in [0.1, 0.15) is 11.1 Å². The molecule has 0 spiro atoms. The summed E-state index contributed by atoms with van der Waals surface area (Å²) in [5.74, 6) is -0.776. The number of benzene rings is 1. The van der Waals surface area contributed by atoms with E-state index in [4.69, 9.17) is 5.11 Å². The molecule has 0 aromatic heterocycles. The van der Waals surface area contributed by atoms with E-state index in [0.717, 1.165) is 13.1 Å². The van der Waals surface area contributed by atoms with Crippen molar-refractivity contribution in [2.75, 3.05) is 33.7 Å². The lowest BCUT2D eigenvalue weighted by atomic mass is 10.1. The molecular weight excluding hydrogens is 228 g/mol. The van der Waals surface area contributed by atoms with E-state index in [1.165, 1.54) is 11.1 Å². The number of carboxylic acid groups (broad SMARTS) is 1. The molecule has 0 unspecified atom stereocenters. The van der Waals surface area contributed by atoms with Crippen LogP contribution in [0.15, 0.2) is 24.3 Å². The summed E-state index contributed by atoms with van der Waals surface area (Å²) >= 11 is 0. The van der Waals surface area contributed by atoms with Crippen molar-refractivity contribution in [3.05, 3.63) is 35.4 Å². The van der Waals surface area contributed by atoms with E-state index in [1.807, 2.05) is 31.1 Å². The monoisotopic (exact) mass is 250 g/mol. The van der Waals surface area contributed by atoms with Crippen molar-refractivity contribution in [1.29, 1.82) is 0 Å². The van der Waals surface area contributed by atoms with Gasteiger partial charge in [0, 0.05) is 19.6 Å². The standard InChI is InChI=1S/C14H22N2O2/c1-12-6-4-5-7-13(12)10-16(11-14(17)18)9-8-15(2)3/h4-7H,8-11H2,1-3H3,(H,17,18). The van der Waals surface area contributed by atoms with Gasteiger partial charge in [-0.05, 0) is 32.1 Å². The Balaban J connectivity index is 2.65.